The van der Waals surface area contributed by atoms with E-state index in [4.69, 9.17) is 16.0 Å². The second-order valence-corrected chi connectivity index (χ2v) is 8.58. The van der Waals surface area contributed by atoms with E-state index in [1.165, 1.54) is 10.3 Å². The van der Waals surface area contributed by atoms with E-state index in [1.807, 2.05) is 20.8 Å². The van der Waals surface area contributed by atoms with Crippen LogP contribution in [0.3, 0.4) is 0 Å². The molecule has 0 saturated heterocycles. The van der Waals surface area contributed by atoms with E-state index in [1.54, 1.807) is 43.3 Å². The Morgan fingerprint density at radius 1 is 1.17 bits per heavy atom. The molecule has 1 atom stereocenters. The summed E-state index contributed by atoms with van der Waals surface area (Å²) in [4.78, 5) is 28.0. The first-order valence-electron chi connectivity index (χ1n) is 8.90. The fraction of sp³-hybridized carbons (Fsp3) is 0.300. The molecule has 0 spiro atoms. The Morgan fingerprint density at radius 3 is 2.38 bits per heavy atom. The molecule has 3 aromatic rings. The normalized spacial score (nSPS) is 12.4. The maximum absolute atomic E-state index is 13.4. The molecule has 1 aromatic carbocycles. The summed E-state index contributed by atoms with van der Waals surface area (Å²) >= 11 is 7.08. The van der Waals surface area contributed by atoms with Gasteiger partial charge in [0.05, 0.1) is 0 Å². The molecule has 2 heterocycles. The predicted octanol–water partition coefficient (Wildman–Crippen LogP) is 4.40. The minimum absolute atomic E-state index is 0.141. The first kappa shape index (κ1) is 21.0. The van der Waals surface area contributed by atoms with Gasteiger partial charge in [-0.25, -0.2) is 0 Å². The van der Waals surface area contributed by atoms with Crippen molar-refractivity contribution in [2.75, 3.05) is 4.90 Å². The van der Waals surface area contributed by atoms with Crippen LogP contribution in [0.4, 0.5) is 5.69 Å². The molecule has 29 heavy (non-hydrogen) atoms. The molecule has 2 aromatic heterocycles. The topological polar surface area (TPSA) is 88.3 Å². The van der Waals surface area contributed by atoms with Gasteiger partial charge in [-0.05, 0) is 75.6 Å². The van der Waals surface area contributed by atoms with Crippen molar-refractivity contribution < 1.29 is 14.0 Å². The number of furan rings is 1. The smallest absolute Gasteiger partial charge is 0.280 e. The minimum atomic E-state index is -1.04. The lowest BCUT2D eigenvalue weighted by atomic mass is 10.1. The van der Waals surface area contributed by atoms with Crippen LogP contribution in [0.1, 0.15) is 48.8 Å². The Balaban J connectivity index is 2.14. The number of hydrogen-bond acceptors (Lipinski definition) is 6. The van der Waals surface area contributed by atoms with Crippen LogP contribution in [0.5, 0.6) is 0 Å². The molecular weight excluding hydrogens is 412 g/mol. The molecular formula is C20H21ClN4O3S. The van der Waals surface area contributed by atoms with Gasteiger partial charge in [-0.3, -0.25) is 14.5 Å². The second kappa shape index (κ2) is 8.34. The number of carbonyl (C=O) groups is 2. The number of halogens is 1. The fourth-order valence-electron chi connectivity index (χ4n) is 2.78. The third-order valence-corrected chi connectivity index (χ3v) is 4.69. The predicted molar refractivity (Wildman–Crippen MR) is 112 cm³/mol. The van der Waals surface area contributed by atoms with E-state index in [9.17, 15) is 9.59 Å². The summed E-state index contributed by atoms with van der Waals surface area (Å²) in [6.07, 6.45) is 0. The quantitative estimate of drug-likeness (QED) is 0.645. The van der Waals surface area contributed by atoms with Gasteiger partial charge in [-0.1, -0.05) is 16.1 Å². The maximum atomic E-state index is 13.4. The number of carbonyl (C=O) groups excluding carboxylic acids is 2. The van der Waals surface area contributed by atoms with Gasteiger partial charge in [0.15, 0.2) is 11.7 Å². The molecule has 1 N–H and O–H groups in total. The first-order chi connectivity index (χ1) is 13.7. The van der Waals surface area contributed by atoms with Gasteiger partial charge < -0.3 is 9.73 Å². The number of nitrogens with one attached hydrogen (secondary N) is 1. The van der Waals surface area contributed by atoms with Crippen molar-refractivity contribution in [1.82, 2.24) is 14.9 Å². The summed E-state index contributed by atoms with van der Waals surface area (Å²) in [5.74, 6) is 0.130. The van der Waals surface area contributed by atoms with Crippen molar-refractivity contribution in [1.29, 1.82) is 0 Å². The van der Waals surface area contributed by atoms with Gasteiger partial charge in [0, 0.05) is 21.6 Å². The molecule has 0 bridgehead atoms. The van der Waals surface area contributed by atoms with Crippen LogP contribution in [0.2, 0.25) is 5.02 Å². The third-order valence-electron chi connectivity index (χ3n) is 3.94. The number of benzene rings is 1. The van der Waals surface area contributed by atoms with Crippen LogP contribution >= 0.6 is 23.1 Å². The highest BCUT2D eigenvalue weighted by Crippen LogP contribution is 2.32. The molecule has 0 radical (unpaired) electrons. The lowest BCUT2D eigenvalue weighted by Gasteiger charge is -2.32. The molecule has 0 saturated carbocycles. The highest BCUT2D eigenvalue weighted by Gasteiger charge is 2.37. The van der Waals surface area contributed by atoms with E-state index in [0.717, 1.165) is 11.5 Å². The minimum Gasteiger partial charge on any atom is -0.464 e. The molecule has 152 valence electrons. The zero-order valence-electron chi connectivity index (χ0n) is 16.5. The van der Waals surface area contributed by atoms with Crippen molar-refractivity contribution in [2.24, 2.45) is 0 Å². The number of amides is 2. The van der Waals surface area contributed by atoms with Gasteiger partial charge in [0.1, 0.15) is 11.5 Å². The second-order valence-electron chi connectivity index (χ2n) is 7.53. The number of anilines is 1. The van der Waals surface area contributed by atoms with Gasteiger partial charge in [-0.2, -0.15) is 0 Å². The van der Waals surface area contributed by atoms with Gasteiger partial charge in [0.2, 0.25) is 0 Å². The largest absolute Gasteiger partial charge is 0.464 e. The number of aromatic nitrogens is 2. The van der Waals surface area contributed by atoms with E-state index >= 15 is 0 Å². The molecule has 9 heteroatoms. The summed E-state index contributed by atoms with van der Waals surface area (Å²) in [6.45, 7) is 7.39. The summed E-state index contributed by atoms with van der Waals surface area (Å²) in [6, 6.07) is 9.06. The zero-order chi connectivity index (χ0) is 21.2. The van der Waals surface area contributed by atoms with E-state index < -0.39 is 17.5 Å². The van der Waals surface area contributed by atoms with Gasteiger partial charge in [-0.15, -0.1) is 5.10 Å². The number of nitrogens with zero attached hydrogens (tertiary/aromatic N) is 3. The molecule has 0 aliphatic heterocycles. The summed E-state index contributed by atoms with van der Waals surface area (Å²) in [5.41, 5.74) is 0.116. The van der Waals surface area contributed by atoms with Crippen molar-refractivity contribution in [2.45, 2.75) is 39.3 Å². The maximum Gasteiger partial charge on any atom is 0.280 e. The summed E-state index contributed by atoms with van der Waals surface area (Å²) in [5, 5.41) is 8.87. The molecule has 0 fully saturated rings. The Morgan fingerprint density at radius 2 is 1.86 bits per heavy atom. The number of rotatable bonds is 5. The van der Waals surface area contributed by atoms with Crippen LogP contribution < -0.4 is 10.2 Å². The van der Waals surface area contributed by atoms with Crippen molar-refractivity contribution in [3.63, 3.8) is 0 Å². The number of hydrogen-bond donors (Lipinski definition) is 1. The highest BCUT2D eigenvalue weighted by molar-refractivity contribution is 7.03. The van der Waals surface area contributed by atoms with Crippen LogP contribution in [0.25, 0.3) is 0 Å². The van der Waals surface area contributed by atoms with Crippen LogP contribution in [0, 0.1) is 6.92 Å². The average molecular weight is 433 g/mol. The van der Waals surface area contributed by atoms with E-state index in [0.29, 0.717) is 22.2 Å². The average Bonchev–Trinajstić information content (AvgIpc) is 3.30. The lowest BCUT2D eigenvalue weighted by Crippen LogP contribution is -2.49. The van der Waals surface area contributed by atoms with Crippen molar-refractivity contribution >= 4 is 40.6 Å². The van der Waals surface area contributed by atoms with Gasteiger partial charge >= 0.3 is 0 Å². The lowest BCUT2D eigenvalue weighted by molar-refractivity contribution is -0.124. The Kier molecular flexibility index (Phi) is 6.04. The van der Waals surface area contributed by atoms with Crippen molar-refractivity contribution in [3.8, 4) is 0 Å². The molecule has 0 aliphatic carbocycles. The van der Waals surface area contributed by atoms with Gasteiger partial charge in [0.25, 0.3) is 11.8 Å². The third kappa shape index (κ3) is 5.02. The molecule has 0 unspecified atom stereocenters. The zero-order valence-corrected chi connectivity index (χ0v) is 18.0. The molecule has 0 aliphatic rings. The van der Waals surface area contributed by atoms with E-state index in [-0.39, 0.29) is 11.6 Å². The standard InChI is InChI=1S/C20H21ClN4O3S/c1-12-5-10-16(28-12)17(18(26)22-20(2,3)4)25(14-8-6-13(21)7-9-14)19(27)15-11-29-24-23-15/h5-11,17H,1-4H3,(H,22,26)/t17-/m1/s1. The monoisotopic (exact) mass is 432 g/mol. The summed E-state index contributed by atoms with van der Waals surface area (Å²) < 4.78 is 9.53. The first-order valence-corrected chi connectivity index (χ1v) is 10.1. The van der Waals surface area contributed by atoms with Crippen LogP contribution in [-0.4, -0.2) is 26.9 Å². The molecule has 2 amide bonds. The Bertz CT molecular complexity index is 994. The summed E-state index contributed by atoms with van der Waals surface area (Å²) in [7, 11) is 0. The Hall–Kier alpha value is -2.71. The Labute approximate surface area is 177 Å². The number of aryl methyl sites for hydroxylation is 1. The molecule has 7 nitrogen and oxygen atoms in total. The molecule has 3 rings (SSSR count). The van der Waals surface area contributed by atoms with E-state index in [2.05, 4.69) is 14.9 Å². The van der Waals surface area contributed by atoms with Crippen molar-refractivity contribution in [3.05, 3.63) is 64.0 Å². The van der Waals surface area contributed by atoms with Crippen LogP contribution in [0.15, 0.2) is 46.2 Å². The fourth-order valence-corrected chi connectivity index (χ4v) is 3.33. The highest BCUT2D eigenvalue weighted by atomic mass is 35.5. The van der Waals surface area contributed by atoms with Crippen LogP contribution in [-0.2, 0) is 4.79 Å². The SMILES string of the molecule is Cc1ccc([C@H](C(=O)NC(C)(C)C)N(C(=O)c2csnn2)c2ccc(Cl)cc2)o1.